The summed E-state index contributed by atoms with van der Waals surface area (Å²) in [6, 6.07) is 13.0. The molecule has 0 aliphatic rings. The highest BCUT2D eigenvalue weighted by Crippen LogP contribution is 2.34. The largest absolute Gasteiger partial charge is 0.493 e. The summed E-state index contributed by atoms with van der Waals surface area (Å²) in [5, 5.41) is 7.65. The minimum atomic E-state index is -0.226. The van der Waals surface area contributed by atoms with E-state index in [2.05, 4.69) is 29.5 Å². The molecule has 0 atom stereocenters. The number of Topliss-reactive ketones (excluding diaryl/α,β-unsaturated/α-hetero) is 1. The van der Waals surface area contributed by atoms with Gasteiger partial charge in [-0.3, -0.25) is 9.59 Å². The van der Waals surface area contributed by atoms with Crippen molar-refractivity contribution in [3.63, 3.8) is 0 Å². The number of aromatic nitrogens is 2. The lowest BCUT2D eigenvalue weighted by Gasteiger charge is -2.09. The van der Waals surface area contributed by atoms with E-state index in [-0.39, 0.29) is 24.5 Å². The molecule has 0 fully saturated rings. The lowest BCUT2D eigenvalue weighted by atomic mass is 10.1. The van der Waals surface area contributed by atoms with Gasteiger partial charge in [0.25, 0.3) is 0 Å². The number of rotatable bonds is 7. The van der Waals surface area contributed by atoms with E-state index in [1.165, 1.54) is 29.2 Å². The second-order valence-electron chi connectivity index (χ2n) is 7.13. The van der Waals surface area contributed by atoms with E-state index in [4.69, 9.17) is 9.47 Å². The highest BCUT2D eigenvalue weighted by molar-refractivity contribution is 7.18. The van der Waals surface area contributed by atoms with Gasteiger partial charge in [0.1, 0.15) is 0 Å². The molecule has 6 nitrogen and oxygen atoms in total. The lowest BCUT2D eigenvalue weighted by Crippen LogP contribution is -2.13. The predicted octanol–water partition coefficient (Wildman–Crippen LogP) is 5.39. The average Bonchev–Trinajstić information content (AvgIpc) is 3.44. The first-order valence-corrected chi connectivity index (χ1v) is 10.7. The van der Waals surface area contributed by atoms with E-state index in [0.717, 1.165) is 16.6 Å². The van der Waals surface area contributed by atoms with Gasteiger partial charge in [-0.1, -0.05) is 18.2 Å². The molecular formula is C24H22N2O4S. The van der Waals surface area contributed by atoms with E-state index < -0.39 is 0 Å². The van der Waals surface area contributed by atoms with Gasteiger partial charge in [0.05, 0.1) is 19.9 Å². The quantitative estimate of drug-likeness (QED) is 0.365. The molecule has 2 aromatic heterocycles. The lowest BCUT2D eigenvalue weighted by molar-refractivity contribution is 0.0852. The maximum Gasteiger partial charge on any atom is 0.247 e. The molecule has 0 N–H and O–H groups in total. The molecule has 0 spiro atoms. The summed E-state index contributed by atoms with van der Waals surface area (Å²) in [7, 11) is 3.05. The molecule has 0 amide bonds. The zero-order chi connectivity index (χ0) is 22.0. The first-order chi connectivity index (χ1) is 15.0. The fourth-order valence-electron chi connectivity index (χ4n) is 3.50. The van der Waals surface area contributed by atoms with Gasteiger partial charge < -0.3 is 9.47 Å². The number of methoxy groups -OCH3 is 2. The van der Waals surface area contributed by atoms with E-state index in [0.29, 0.717) is 17.1 Å². The minimum absolute atomic E-state index is 0.0673. The zero-order valence-electron chi connectivity index (χ0n) is 17.5. The molecule has 0 saturated heterocycles. The smallest absolute Gasteiger partial charge is 0.247 e. The summed E-state index contributed by atoms with van der Waals surface area (Å²) in [5.74, 6) is 0.668. The molecule has 4 aromatic rings. The summed E-state index contributed by atoms with van der Waals surface area (Å²) >= 11 is 1.67. The minimum Gasteiger partial charge on any atom is -0.493 e. The van der Waals surface area contributed by atoms with Gasteiger partial charge in [0.2, 0.25) is 5.91 Å². The number of thiophene rings is 1. The van der Waals surface area contributed by atoms with Crippen LogP contribution in [0.1, 0.15) is 33.6 Å². The third-order valence-corrected chi connectivity index (χ3v) is 6.32. The van der Waals surface area contributed by atoms with Crippen molar-refractivity contribution in [3.8, 4) is 22.8 Å². The van der Waals surface area contributed by atoms with Crippen LogP contribution in [0.15, 0.2) is 54.0 Å². The second kappa shape index (κ2) is 8.73. The Morgan fingerprint density at radius 2 is 1.84 bits per heavy atom. The van der Waals surface area contributed by atoms with Crippen LogP contribution in [0.5, 0.6) is 11.5 Å². The Morgan fingerprint density at radius 3 is 2.61 bits per heavy atom. The van der Waals surface area contributed by atoms with Crippen molar-refractivity contribution >= 4 is 33.1 Å². The van der Waals surface area contributed by atoms with Crippen LogP contribution in [-0.4, -0.2) is 35.7 Å². The summed E-state index contributed by atoms with van der Waals surface area (Å²) in [5.41, 5.74) is 3.46. The Morgan fingerprint density at radius 1 is 1.03 bits per heavy atom. The number of ether oxygens (including phenoxy) is 2. The number of nitrogens with zero attached hydrogens (tertiary/aromatic N) is 2. The molecule has 0 unspecified atom stereocenters. The highest BCUT2D eigenvalue weighted by atomic mass is 32.1. The molecule has 0 aliphatic carbocycles. The molecule has 0 radical (unpaired) electrons. The van der Waals surface area contributed by atoms with Crippen molar-refractivity contribution in [1.82, 2.24) is 9.78 Å². The SMILES string of the molecule is COc1ccc(C(=O)CCC(=O)n2ccc(-c3csc4c(C)cccc34)n2)cc1OC. The highest BCUT2D eigenvalue weighted by Gasteiger charge is 2.16. The third kappa shape index (κ3) is 4.09. The Labute approximate surface area is 184 Å². The van der Waals surface area contributed by atoms with Gasteiger partial charge in [-0.15, -0.1) is 11.3 Å². The molecule has 4 rings (SSSR count). The number of carbonyl (C=O) groups is 2. The Balaban J connectivity index is 1.46. The fraction of sp³-hybridized carbons (Fsp3) is 0.208. The fourth-order valence-corrected chi connectivity index (χ4v) is 4.54. The van der Waals surface area contributed by atoms with Gasteiger partial charge in [-0.05, 0) is 36.8 Å². The van der Waals surface area contributed by atoms with Crippen LogP contribution in [0.25, 0.3) is 21.3 Å². The van der Waals surface area contributed by atoms with Gasteiger partial charge in [-0.2, -0.15) is 5.10 Å². The second-order valence-corrected chi connectivity index (χ2v) is 8.01. The number of aryl methyl sites for hydroxylation is 1. The van der Waals surface area contributed by atoms with Crippen LogP contribution in [-0.2, 0) is 0 Å². The number of hydrogen-bond donors (Lipinski definition) is 0. The summed E-state index contributed by atoms with van der Waals surface area (Å²) in [6.45, 7) is 2.08. The van der Waals surface area contributed by atoms with Crippen molar-refractivity contribution < 1.29 is 19.1 Å². The maximum absolute atomic E-state index is 12.6. The third-order valence-electron chi connectivity index (χ3n) is 5.19. The van der Waals surface area contributed by atoms with Gasteiger partial charge >= 0.3 is 0 Å². The van der Waals surface area contributed by atoms with E-state index >= 15 is 0 Å². The van der Waals surface area contributed by atoms with Crippen LogP contribution in [0, 0.1) is 6.92 Å². The molecule has 0 aliphatic heterocycles. The standard InChI is InChI=1S/C24H22N2O4S/c1-15-5-4-6-17-18(14-31-24(15)17)19-11-12-26(25-19)23(28)10-8-20(27)16-7-9-21(29-2)22(13-16)30-3/h4-7,9,11-14H,8,10H2,1-3H3. The predicted molar refractivity (Wildman–Crippen MR) is 122 cm³/mol. The monoisotopic (exact) mass is 434 g/mol. The molecule has 2 aromatic carbocycles. The van der Waals surface area contributed by atoms with Crippen LogP contribution >= 0.6 is 11.3 Å². The van der Waals surface area contributed by atoms with Crippen LogP contribution in [0.2, 0.25) is 0 Å². The molecule has 0 bridgehead atoms. The van der Waals surface area contributed by atoms with Crippen molar-refractivity contribution in [2.24, 2.45) is 0 Å². The topological polar surface area (TPSA) is 70.4 Å². The summed E-state index contributed by atoms with van der Waals surface area (Å²) in [4.78, 5) is 25.2. The molecule has 7 heteroatoms. The summed E-state index contributed by atoms with van der Waals surface area (Å²) in [6.07, 6.45) is 1.81. The Bertz CT molecular complexity index is 1270. The first-order valence-electron chi connectivity index (χ1n) is 9.83. The number of fused-ring (bicyclic) bond motifs is 1. The number of benzene rings is 2. The van der Waals surface area contributed by atoms with Gasteiger partial charge in [0, 0.05) is 45.6 Å². The number of hydrogen-bond acceptors (Lipinski definition) is 6. The Kier molecular flexibility index (Phi) is 5.86. The number of carbonyl (C=O) groups excluding carboxylic acids is 2. The molecule has 2 heterocycles. The zero-order valence-corrected chi connectivity index (χ0v) is 18.4. The molecule has 0 saturated carbocycles. The van der Waals surface area contributed by atoms with E-state index in [9.17, 15) is 9.59 Å². The van der Waals surface area contributed by atoms with Gasteiger partial charge in [0.15, 0.2) is 17.3 Å². The normalized spacial score (nSPS) is 10.9. The molecular weight excluding hydrogens is 412 g/mol. The average molecular weight is 435 g/mol. The molecule has 31 heavy (non-hydrogen) atoms. The van der Waals surface area contributed by atoms with E-state index in [1.807, 2.05) is 12.1 Å². The summed E-state index contributed by atoms with van der Waals surface area (Å²) < 4.78 is 13.0. The first kappa shape index (κ1) is 20.8. The van der Waals surface area contributed by atoms with Crippen molar-refractivity contribution in [1.29, 1.82) is 0 Å². The van der Waals surface area contributed by atoms with Crippen LogP contribution in [0.3, 0.4) is 0 Å². The number of ketones is 1. The van der Waals surface area contributed by atoms with Crippen molar-refractivity contribution in [2.75, 3.05) is 14.2 Å². The van der Waals surface area contributed by atoms with Crippen LogP contribution < -0.4 is 9.47 Å². The van der Waals surface area contributed by atoms with Gasteiger partial charge in [-0.25, -0.2) is 4.68 Å². The van der Waals surface area contributed by atoms with Crippen molar-refractivity contribution in [3.05, 3.63) is 65.2 Å². The van der Waals surface area contributed by atoms with Crippen LogP contribution in [0.4, 0.5) is 0 Å². The van der Waals surface area contributed by atoms with E-state index in [1.54, 1.807) is 35.7 Å². The van der Waals surface area contributed by atoms with Crippen molar-refractivity contribution in [2.45, 2.75) is 19.8 Å². The maximum atomic E-state index is 12.6. The Hall–Kier alpha value is -3.45. The molecule has 158 valence electrons.